The Kier molecular flexibility index (Phi) is 5.33. The van der Waals surface area contributed by atoms with E-state index < -0.39 is 0 Å². The highest BCUT2D eigenvalue weighted by Gasteiger charge is 2.29. The fourth-order valence-corrected chi connectivity index (χ4v) is 4.40. The molecule has 3 heterocycles. The van der Waals surface area contributed by atoms with Gasteiger partial charge in [-0.3, -0.25) is 14.5 Å². The van der Waals surface area contributed by atoms with E-state index >= 15 is 0 Å². The molecular weight excluding hydrogens is 312 g/mol. The summed E-state index contributed by atoms with van der Waals surface area (Å²) in [4.78, 5) is 29.8. The molecule has 1 unspecified atom stereocenters. The maximum absolute atomic E-state index is 12.7. The van der Waals surface area contributed by atoms with Crippen LogP contribution in [0.1, 0.15) is 36.1 Å². The number of esters is 1. The van der Waals surface area contributed by atoms with Gasteiger partial charge in [0.25, 0.3) is 0 Å². The Morgan fingerprint density at radius 3 is 3.04 bits per heavy atom. The molecule has 126 valence electrons. The SMILES string of the molecule is COC(=O)CC1CCCCN1CC(=O)N1CCc2sccc2C1. The lowest BCUT2D eigenvalue weighted by Gasteiger charge is -2.36. The number of carbonyl (C=O) groups excluding carboxylic acids is 2. The van der Waals surface area contributed by atoms with E-state index in [-0.39, 0.29) is 17.9 Å². The fraction of sp³-hybridized carbons (Fsp3) is 0.647. The Balaban J connectivity index is 1.58. The van der Waals surface area contributed by atoms with E-state index in [2.05, 4.69) is 16.3 Å². The topological polar surface area (TPSA) is 49.9 Å². The molecule has 0 aromatic carbocycles. The van der Waals surface area contributed by atoms with Crippen molar-refractivity contribution in [1.82, 2.24) is 9.80 Å². The largest absolute Gasteiger partial charge is 0.469 e. The van der Waals surface area contributed by atoms with Crippen LogP contribution in [0.2, 0.25) is 0 Å². The van der Waals surface area contributed by atoms with Crippen LogP contribution in [0.3, 0.4) is 0 Å². The van der Waals surface area contributed by atoms with Gasteiger partial charge in [-0.05, 0) is 42.8 Å². The third-order valence-electron chi connectivity index (χ3n) is 4.88. The monoisotopic (exact) mass is 336 g/mol. The zero-order chi connectivity index (χ0) is 16.2. The summed E-state index contributed by atoms with van der Waals surface area (Å²) in [6.07, 6.45) is 4.54. The lowest BCUT2D eigenvalue weighted by atomic mass is 9.99. The van der Waals surface area contributed by atoms with Crippen molar-refractivity contribution in [2.45, 2.75) is 44.7 Å². The number of nitrogens with zero attached hydrogens (tertiary/aromatic N) is 2. The maximum atomic E-state index is 12.7. The zero-order valence-electron chi connectivity index (χ0n) is 13.6. The predicted octanol–water partition coefficient (Wildman–Crippen LogP) is 2.05. The maximum Gasteiger partial charge on any atom is 0.307 e. The summed E-state index contributed by atoms with van der Waals surface area (Å²) in [7, 11) is 1.42. The molecule has 2 aliphatic heterocycles. The van der Waals surface area contributed by atoms with E-state index in [1.165, 1.54) is 17.6 Å². The average molecular weight is 336 g/mol. The van der Waals surface area contributed by atoms with Gasteiger partial charge in [0.2, 0.25) is 5.91 Å². The smallest absolute Gasteiger partial charge is 0.307 e. The van der Waals surface area contributed by atoms with Crippen LogP contribution in [0, 0.1) is 0 Å². The minimum atomic E-state index is -0.185. The minimum absolute atomic E-state index is 0.140. The molecule has 1 amide bonds. The van der Waals surface area contributed by atoms with E-state index in [0.29, 0.717) is 13.0 Å². The molecule has 23 heavy (non-hydrogen) atoms. The molecule has 0 saturated carbocycles. The van der Waals surface area contributed by atoms with Gasteiger partial charge in [0, 0.05) is 24.0 Å². The van der Waals surface area contributed by atoms with Gasteiger partial charge in [0.15, 0.2) is 0 Å². The molecule has 1 fully saturated rings. The summed E-state index contributed by atoms with van der Waals surface area (Å²) in [6, 6.07) is 2.27. The molecule has 6 heteroatoms. The fourth-order valence-electron chi connectivity index (χ4n) is 3.51. The summed E-state index contributed by atoms with van der Waals surface area (Å²) in [5.74, 6) is -0.00569. The van der Waals surface area contributed by atoms with Crippen LogP contribution in [-0.2, 0) is 27.3 Å². The van der Waals surface area contributed by atoms with E-state index in [1.807, 2.05) is 4.90 Å². The number of likely N-dealkylation sites (tertiary alicyclic amines) is 1. The number of fused-ring (bicyclic) bond motifs is 1. The first kappa shape index (κ1) is 16.5. The highest BCUT2D eigenvalue weighted by atomic mass is 32.1. The molecule has 1 saturated heterocycles. The Morgan fingerprint density at radius 2 is 2.22 bits per heavy atom. The zero-order valence-corrected chi connectivity index (χ0v) is 14.4. The predicted molar refractivity (Wildman–Crippen MR) is 89.3 cm³/mol. The lowest BCUT2D eigenvalue weighted by molar-refractivity contribution is -0.143. The Hall–Kier alpha value is -1.40. The van der Waals surface area contributed by atoms with Gasteiger partial charge in [0.05, 0.1) is 20.1 Å². The molecule has 0 radical (unpaired) electrons. The van der Waals surface area contributed by atoms with Crippen molar-refractivity contribution in [3.63, 3.8) is 0 Å². The van der Waals surface area contributed by atoms with E-state index in [4.69, 9.17) is 4.74 Å². The Morgan fingerprint density at radius 1 is 1.35 bits per heavy atom. The number of hydrogen-bond acceptors (Lipinski definition) is 5. The number of thiophene rings is 1. The van der Waals surface area contributed by atoms with Gasteiger partial charge in [-0.1, -0.05) is 6.42 Å². The van der Waals surface area contributed by atoms with Gasteiger partial charge in [-0.15, -0.1) is 11.3 Å². The number of hydrogen-bond donors (Lipinski definition) is 0. The van der Waals surface area contributed by atoms with Crippen molar-refractivity contribution < 1.29 is 14.3 Å². The molecular formula is C17H24N2O3S. The van der Waals surface area contributed by atoms with Gasteiger partial charge < -0.3 is 9.64 Å². The lowest BCUT2D eigenvalue weighted by Crippen LogP contribution is -2.48. The molecule has 3 rings (SSSR count). The van der Waals surface area contributed by atoms with Crippen molar-refractivity contribution in [1.29, 1.82) is 0 Å². The van der Waals surface area contributed by atoms with Crippen molar-refractivity contribution in [2.75, 3.05) is 26.7 Å². The second-order valence-corrected chi connectivity index (χ2v) is 7.34. The van der Waals surface area contributed by atoms with Crippen LogP contribution in [-0.4, -0.2) is 54.5 Å². The highest BCUT2D eigenvalue weighted by molar-refractivity contribution is 7.10. The third-order valence-corrected chi connectivity index (χ3v) is 5.90. The van der Waals surface area contributed by atoms with Crippen molar-refractivity contribution in [3.8, 4) is 0 Å². The number of rotatable bonds is 4. The van der Waals surface area contributed by atoms with Crippen LogP contribution in [0.4, 0.5) is 0 Å². The first-order valence-corrected chi connectivity index (χ1v) is 9.19. The van der Waals surface area contributed by atoms with E-state index in [0.717, 1.165) is 45.3 Å². The molecule has 0 N–H and O–H groups in total. The molecule has 1 aromatic heterocycles. The van der Waals surface area contributed by atoms with Crippen LogP contribution < -0.4 is 0 Å². The van der Waals surface area contributed by atoms with E-state index in [1.54, 1.807) is 11.3 Å². The summed E-state index contributed by atoms with van der Waals surface area (Å²) < 4.78 is 4.79. The van der Waals surface area contributed by atoms with Crippen molar-refractivity contribution in [3.05, 3.63) is 21.9 Å². The van der Waals surface area contributed by atoms with Gasteiger partial charge in [-0.2, -0.15) is 0 Å². The van der Waals surface area contributed by atoms with Gasteiger partial charge in [0.1, 0.15) is 0 Å². The second kappa shape index (κ2) is 7.45. The number of piperidine rings is 1. The quantitative estimate of drug-likeness (QED) is 0.790. The normalized spacial score (nSPS) is 21.8. The molecule has 0 spiro atoms. The number of ether oxygens (including phenoxy) is 1. The van der Waals surface area contributed by atoms with Crippen molar-refractivity contribution >= 4 is 23.2 Å². The number of methoxy groups -OCH3 is 1. The molecule has 0 aliphatic carbocycles. The molecule has 5 nitrogen and oxygen atoms in total. The first-order chi connectivity index (χ1) is 11.2. The van der Waals surface area contributed by atoms with E-state index in [9.17, 15) is 9.59 Å². The van der Waals surface area contributed by atoms with Crippen LogP contribution >= 0.6 is 11.3 Å². The van der Waals surface area contributed by atoms with Crippen LogP contribution in [0.15, 0.2) is 11.4 Å². The molecule has 1 aromatic rings. The average Bonchev–Trinajstić information content (AvgIpc) is 3.04. The summed E-state index contributed by atoms with van der Waals surface area (Å²) in [6.45, 7) is 2.85. The number of amides is 1. The minimum Gasteiger partial charge on any atom is -0.469 e. The van der Waals surface area contributed by atoms with Crippen LogP contribution in [0.25, 0.3) is 0 Å². The number of carbonyl (C=O) groups is 2. The van der Waals surface area contributed by atoms with Crippen LogP contribution in [0.5, 0.6) is 0 Å². The summed E-state index contributed by atoms with van der Waals surface area (Å²) in [5.41, 5.74) is 1.29. The summed E-state index contributed by atoms with van der Waals surface area (Å²) >= 11 is 1.78. The standard InChI is InChI=1S/C17H24N2O3S/c1-22-17(21)10-14-4-2-3-7-18(14)12-16(20)19-8-5-15-13(11-19)6-9-23-15/h6,9,14H,2-5,7-8,10-12H2,1H3. The molecule has 0 bridgehead atoms. The first-order valence-electron chi connectivity index (χ1n) is 8.31. The molecule has 1 atom stereocenters. The highest BCUT2D eigenvalue weighted by Crippen LogP contribution is 2.25. The Bertz CT molecular complexity index is 572. The summed E-state index contributed by atoms with van der Waals surface area (Å²) in [5, 5.41) is 2.11. The van der Waals surface area contributed by atoms with Crippen molar-refractivity contribution in [2.24, 2.45) is 0 Å². The molecule has 2 aliphatic rings. The third kappa shape index (κ3) is 3.93. The van der Waals surface area contributed by atoms with Gasteiger partial charge >= 0.3 is 5.97 Å². The van der Waals surface area contributed by atoms with Gasteiger partial charge in [-0.25, -0.2) is 0 Å². The Labute approximate surface area is 141 Å². The second-order valence-electron chi connectivity index (χ2n) is 6.33.